The van der Waals surface area contributed by atoms with Gasteiger partial charge in [-0.3, -0.25) is 4.79 Å². The summed E-state index contributed by atoms with van der Waals surface area (Å²) >= 11 is 0. The molecular formula is C15H18N2O3S. The Labute approximate surface area is 124 Å². The quantitative estimate of drug-likeness (QED) is 0.875. The molecule has 0 atom stereocenters. The molecular weight excluding hydrogens is 288 g/mol. The van der Waals surface area contributed by atoms with Crippen LogP contribution in [0.1, 0.15) is 18.1 Å². The van der Waals surface area contributed by atoms with Crippen molar-refractivity contribution in [2.24, 2.45) is 0 Å². The minimum atomic E-state index is -3.18. The summed E-state index contributed by atoms with van der Waals surface area (Å²) in [4.78, 5) is 11.6. The molecule has 1 aromatic heterocycles. The second-order valence-corrected chi connectivity index (χ2v) is 6.80. The van der Waals surface area contributed by atoms with Crippen molar-refractivity contribution >= 4 is 10.0 Å². The summed E-state index contributed by atoms with van der Waals surface area (Å²) in [5.74, 6) is 0.0714. The van der Waals surface area contributed by atoms with Gasteiger partial charge in [0.25, 0.3) is 5.56 Å². The van der Waals surface area contributed by atoms with Crippen LogP contribution in [0.15, 0.2) is 53.5 Å². The van der Waals surface area contributed by atoms with E-state index in [9.17, 15) is 13.2 Å². The molecule has 0 saturated carbocycles. The van der Waals surface area contributed by atoms with Gasteiger partial charge in [-0.1, -0.05) is 30.3 Å². The zero-order chi connectivity index (χ0) is 15.3. The number of hydrogen-bond donors (Lipinski definition) is 1. The zero-order valence-electron chi connectivity index (χ0n) is 11.8. The van der Waals surface area contributed by atoms with Crippen LogP contribution in [-0.2, 0) is 23.1 Å². The van der Waals surface area contributed by atoms with Crippen LogP contribution in [0.3, 0.4) is 0 Å². The van der Waals surface area contributed by atoms with E-state index in [0.29, 0.717) is 6.54 Å². The predicted molar refractivity (Wildman–Crippen MR) is 82.5 cm³/mol. The number of pyridine rings is 1. The summed E-state index contributed by atoms with van der Waals surface area (Å²) in [5, 5.41) is 0. The highest BCUT2D eigenvalue weighted by Gasteiger charge is 2.05. The minimum absolute atomic E-state index is 0.0442. The summed E-state index contributed by atoms with van der Waals surface area (Å²) in [7, 11) is -3.18. The minimum Gasteiger partial charge on any atom is -0.311 e. The predicted octanol–water partition coefficient (Wildman–Crippen LogP) is 1.34. The highest BCUT2D eigenvalue weighted by Crippen LogP contribution is 2.06. The van der Waals surface area contributed by atoms with Crippen molar-refractivity contribution in [2.45, 2.75) is 20.0 Å². The first-order chi connectivity index (χ1) is 10.00. The van der Waals surface area contributed by atoms with Crippen molar-refractivity contribution in [1.82, 2.24) is 9.29 Å². The number of aromatic nitrogens is 1. The second kappa shape index (κ2) is 6.69. The molecule has 0 radical (unpaired) electrons. The van der Waals surface area contributed by atoms with Gasteiger partial charge in [0.05, 0.1) is 12.3 Å². The van der Waals surface area contributed by atoms with Crippen LogP contribution < -0.4 is 10.3 Å². The maximum absolute atomic E-state index is 11.6. The van der Waals surface area contributed by atoms with Gasteiger partial charge in [-0.2, -0.15) is 0 Å². The molecule has 6 heteroatoms. The largest absolute Gasteiger partial charge is 0.311 e. The van der Waals surface area contributed by atoms with Gasteiger partial charge in [0.15, 0.2) is 0 Å². The van der Waals surface area contributed by atoms with Crippen LogP contribution in [-0.4, -0.2) is 18.7 Å². The summed E-state index contributed by atoms with van der Waals surface area (Å²) in [5.41, 5.74) is 1.83. The fourth-order valence-electron chi connectivity index (χ4n) is 1.85. The van der Waals surface area contributed by atoms with Crippen LogP contribution in [0.25, 0.3) is 0 Å². The van der Waals surface area contributed by atoms with E-state index in [2.05, 4.69) is 4.72 Å². The lowest BCUT2D eigenvalue weighted by atomic mass is 10.1. The fourth-order valence-corrected chi connectivity index (χ4v) is 2.44. The van der Waals surface area contributed by atoms with E-state index in [4.69, 9.17) is 0 Å². The molecule has 0 aliphatic carbocycles. The molecule has 0 fully saturated rings. The molecule has 5 nitrogen and oxygen atoms in total. The highest BCUT2D eigenvalue weighted by molar-refractivity contribution is 7.89. The van der Waals surface area contributed by atoms with Gasteiger partial charge >= 0.3 is 0 Å². The van der Waals surface area contributed by atoms with Crippen LogP contribution in [0.5, 0.6) is 0 Å². The second-order valence-electron chi connectivity index (χ2n) is 4.71. The molecule has 0 unspecified atom stereocenters. The first kappa shape index (κ1) is 15.5. The van der Waals surface area contributed by atoms with Gasteiger partial charge in [0.2, 0.25) is 10.0 Å². The summed E-state index contributed by atoms with van der Waals surface area (Å²) < 4.78 is 26.9. The molecule has 112 valence electrons. The molecule has 1 heterocycles. The van der Waals surface area contributed by atoms with Crippen LogP contribution >= 0.6 is 0 Å². The Morgan fingerprint density at radius 1 is 1.05 bits per heavy atom. The first-order valence-corrected chi connectivity index (χ1v) is 8.36. The summed E-state index contributed by atoms with van der Waals surface area (Å²) in [6.07, 6.45) is 1.74. The number of nitrogens with zero attached hydrogens (tertiary/aromatic N) is 1. The maximum Gasteiger partial charge on any atom is 0.250 e. The third kappa shape index (κ3) is 4.54. The van der Waals surface area contributed by atoms with Gasteiger partial charge < -0.3 is 4.57 Å². The number of hydrogen-bond acceptors (Lipinski definition) is 3. The monoisotopic (exact) mass is 306 g/mol. The number of nitrogens with one attached hydrogen (secondary N) is 1. The van der Waals surface area contributed by atoms with E-state index >= 15 is 0 Å². The molecule has 21 heavy (non-hydrogen) atoms. The fraction of sp³-hybridized carbons (Fsp3) is 0.267. The molecule has 2 aromatic rings. The smallest absolute Gasteiger partial charge is 0.250 e. The van der Waals surface area contributed by atoms with Crippen molar-refractivity contribution in [1.29, 1.82) is 0 Å². The van der Waals surface area contributed by atoms with Gasteiger partial charge in [-0.05, 0) is 24.1 Å². The van der Waals surface area contributed by atoms with E-state index in [0.717, 1.165) is 11.1 Å². The molecule has 1 aromatic carbocycles. The van der Waals surface area contributed by atoms with Gasteiger partial charge in [0.1, 0.15) is 0 Å². The molecule has 0 saturated heterocycles. The van der Waals surface area contributed by atoms with Crippen LogP contribution in [0.2, 0.25) is 0 Å². The van der Waals surface area contributed by atoms with Gasteiger partial charge in [0, 0.05) is 18.8 Å². The summed E-state index contributed by atoms with van der Waals surface area (Å²) in [6.45, 7) is 2.38. The lowest BCUT2D eigenvalue weighted by Gasteiger charge is -2.07. The Bertz CT molecular complexity index is 749. The molecule has 0 bridgehead atoms. The van der Waals surface area contributed by atoms with Crippen molar-refractivity contribution in [3.8, 4) is 0 Å². The van der Waals surface area contributed by atoms with E-state index in [1.165, 1.54) is 6.07 Å². The van der Waals surface area contributed by atoms with Crippen molar-refractivity contribution < 1.29 is 8.42 Å². The van der Waals surface area contributed by atoms with E-state index in [-0.39, 0.29) is 17.9 Å². The SMILES string of the molecule is CCS(=O)(=O)NCc1ccc(Cn2ccccc2=O)cc1. The normalized spacial score (nSPS) is 11.5. The molecule has 2 rings (SSSR count). The van der Waals surface area contributed by atoms with Gasteiger partial charge in [-0.25, -0.2) is 13.1 Å². The average molecular weight is 306 g/mol. The Kier molecular flexibility index (Phi) is 4.93. The summed E-state index contributed by atoms with van der Waals surface area (Å²) in [6, 6.07) is 12.6. The van der Waals surface area contributed by atoms with Crippen molar-refractivity contribution in [3.05, 3.63) is 70.1 Å². The lowest BCUT2D eigenvalue weighted by Crippen LogP contribution is -2.24. The van der Waals surface area contributed by atoms with E-state index in [1.54, 1.807) is 23.8 Å². The first-order valence-electron chi connectivity index (χ1n) is 6.71. The standard InChI is InChI=1S/C15H18N2O3S/c1-2-21(19,20)16-11-13-6-8-14(9-7-13)12-17-10-4-3-5-15(17)18/h3-10,16H,2,11-12H2,1H3. The van der Waals surface area contributed by atoms with Gasteiger partial charge in [-0.15, -0.1) is 0 Å². The number of benzene rings is 1. The van der Waals surface area contributed by atoms with Crippen molar-refractivity contribution in [3.63, 3.8) is 0 Å². The molecule has 0 aliphatic heterocycles. The van der Waals surface area contributed by atoms with E-state index in [1.807, 2.05) is 30.3 Å². The Balaban J connectivity index is 2.03. The molecule has 1 N–H and O–H groups in total. The third-order valence-electron chi connectivity index (χ3n) is 3.15. The lowest BCUT2D eigenvalue weighted by molar-refractivity contribution is 0.582. The highest BCUT2D eigenvalue weighted by atomic mass is 32.2. The zero-order valence-corrected chi connectivity index (χ0v) is 12.6. The third-order valence-corrected chi connectivity index (χ3v) is 4.50. The van der Waals surface area contributed by atoms with Crippen molar-refractivity contribution in [2.75, 3.05) is 5.75 Å². The average Bonchev–Trinajstić information content (AvgIpc) is 2.49. The molecule has 0 spiro atoms. The maximum atomic E-state index is 11.6. The molecule has 0 aliphatic rings. The Morgan fingerprint density at radius 2 is 1.71 bits per heavy atom. The van der Waals surface area contributed by atoms with E-state index < -0.39 is 10.0 Å². The Hall–Kier alpha value is -1.92. The Morgan fingerprint density at radius 3 is 2.33 bits per heavy atom. The van der Waals surface area contributed by atoms with Crippen LogP contribution in [0, 0.1) is 0 Å². The topological polar surface area (TPSA) is 68.2 Å². The molecule has 0 amide bonds. The number of rotatable bonds is 6. The van der Waals surface area contributed by atoms with Crippen LogP contribution in [0.4, 0.5) is 0 Å². The number of sulfonamides is 1.